The van der Waals surface area contributed by atoms with E-state index in [1.54, 1.807) is 35.7 Å². The third-order valence-electron chi connectivity index (χ3n) is 4.41. The van der Waals surface area contributed by atoms with Crippen molar-refractivity contribution >= 4 is 46.0 Å². The number of aromatic nitrogens is 1. The molecular formula is C24H21N3O4S. The molecule has 1 aliphatic rings. The highest BCUT2D eigenvalue weighted by atomic mass is 32.1. The van der Waals surface area contributed by atoms with Crippen LogP contribution in [0.4, 0.5) is 10.8 Å². The number of aliphatic imine (C=N–C) groups is 1. The van der Waals surface area contributed by atoms with Gasteiger partial charge in [-0.1, -0.05) is 18.2 Å². The summed E-state index contributed by atoms with van der Waals surface area (Å²) >= 11 is 1.30. The van der Waals surface area contributed by atoms with Gasteiger partial charge in [0.15, 0.2) is 10.8 Å². The van der Waals surface area contributed by atoms with Crippen molar-refractivity contribution in [1.82, 2.24) is 4.98 Å². The smallest absolute Gasteiger partial charge is 0.363 e. The number of rotatable bonds is 6. The van der Waals surface area contributed by atoms with Gasteiger partial charge in [-0.2, -0.15) is 0 Å². The van der Waals surface area contributed by atoms with Gasteiger partial charge in [0.05, 0.1) is 17.5 Å². The van der Waals surface area contributed by atoms with E-state index in [1.165, 1.54) is 23.2 Å². The minimum atomic E-state index is -0.552. The summed E-state index contributed by atoms with van der Waals surface area (Å²) in [7, 11) is 0. The fourth-order valence-corrected chi connectivity index (χ4v) is 3.91. The number of amides is 1. The first-order chi connectivity index (χ1) is 15.4. The summed E-state index contributed by atoms with van der Waals surface area (Å²) in [5.74, 6) is 0.245. The highest BCUT2D eigenvalue weighted by Crippen LogP contribution is 2.30. The quantitative estimate of drug-likeness (QED) is 0.394. The van der Waals surface area contributed by atoms with Crippen LogP contribution in [0.3, 0.4) is 0 Å². The summed E-state index contributed by atoms with van der Waals surface area (Å²) in [5.41, 5.74) is 2.06. The zero-order chi connectivity index (χ0) is 22.7. The number of cyclic esters (lactones) is 1. The Morgan fingerprint density at radius 3 is 2.50 bits per heavy atom. The van der Waals surface area contributed by atoms with Crippen LogP contribution < -0.4 is 9.64 Å². The molecule has 0 fully saturated rings. The lowest BCUT2D eigenvalue weighted by Crippen LogP contribution is -2.22. The van der Waals surface area contributed by atoms with Crippen molar-refractivity contribution in [2.24, 2.45) is 4.99 Å². The Bertz CT molecular complexity index is 1200. The monoisotopic (exact) mass is 447 g/mol. The van der Waals surface area contributed by atoms with Crippen LogP contribution in [0.25, 0.3) is 6.08 Å². The average molecular weight is 448 g/mol. The molecule has 1 aromatic heterocycles. The molecule has 1 amide bonds. The Morgan fingerprint density at radius 1 is 1.12 bits per heavy atom. The van der Waals surface area contributed by atoms with E-state index in [2.05, 4.69) is 9.98 Å². The van der Waals surface area contributed by atoms with Crippen LogP contribution >= 0.6 is 11.3 Å². The molecule has 7 nitrogen and oxygen atoms in total. The Morgan fingerprint density at radius 2 is 1.84 bits per heavy atom. The maximum absolute atomic E-state index is 12.3. The number of hydrogen-bond donors (Lipinski definition) is 0. The number of anilines is 2. The van der Waals surface area contributed by atoms with Gasteiger partial charge >= 0.3 is 5.97 Å². The van der Waals surface area contributed by atoms with Crippen LogP contribution in [0, 0.1) is 0 Å². The van der Waals surface area contributed by atoms with Crippen LogP contribution in [-0.2, 0) is 14.3 Å². The molecule has 4 rings (SSSR count). The van der Waals surface area contributed by atoms with Crippen molar-refractivity contribution in [3.05, 3.63) is 76.9 Å². The molecule has 0 bridgehead atoms. The third-order valence-corrected chi connectivity index (χ3v) is 5.25. The fraction of sp³-hybridized carbons (Fsp3) is 0.167. The highest BCUT2D eigenvalue weighted by Gasteiger charge is 2.25. The second-order valence-electron chi connectivity index (χ2n) is 7.27. The van der Waals surface area contributed by atoms with Crippen molar-refractivity contribution in [3.63, 3.8) is 0 Å². The first-order valence-electron chi connectivity index (χ1n) is 10.0. The van der Waals surface area contributed by atoms with Crippen molar-refractivity contribution in [3.8, 4) is 5.75 Å². The lowest BCUT2D eigenvalue weighted by molar-refractivity contribution is -0.130. The van der Waals surface area contributed by atoms with Gasteiger partial charge in [0.25, 0.3) is 0 Å². The number of para-hydroxylation sites is 1. The van der Waals surface area contributed by atoms with Gasteiger partial charge in [0.2, 0.25) is 11.8 Å². The van der Waals surface area contributed by atoms with Crippen molar-refractivity contribution in [2.45, 2.75) is 26.9 Å². The molecule has 0 atom stereocenters. The SMILES string of the molecule is CC(=O)N(c1ccccc1)c1nc(/C=C2/N=C(c3ccc(OC(C)C)cc3)OC2=O)cs1. The van der Waals surface area contributed by atoms with Crippen LogP contribution in [-0.4, -0.2) is 28.9 Å². The second kappa shape index (κ2) is 9.15. The first kappa shape index (κ1) is 21.5. The van der Waals surface area contributed by atoms with Gasteiger partial charge in [-0.15, -0.1) is 11.3 Å². The first-order valence-corrected chi connectivity index (χ1v) is 10.9. The summed E-state index contributed by atoms with van der Waals surface area (Å²) in [4.78, 5) is 34.9. The van der Waals surface area contributed by atoms with E-state index < -0.39 is 5.97 Å². The molecule has 162 valence electrons. The van der Waals surface area contributed by atoms with Gasteiger partial charge in [-0.3, -0.25) is 9.69 Å². The van der Waals surface area contributed by atoms with Crippen molar-refractivity contribution in [2.75, 3.05) is 4.90 Å². The molecule has 0 saturated heterocycles. The number of carbonyl (C=O) groups excluding carboxylic acids is 2. The van der Waals surface area contributed by atoms with Gasteiger partial charge in [0.1, 0.15) is 5.75 Å². The molecule has 8 heteroatoms. The Kier molecular flexibility index (Phi) is 6.13. The van der Waals surface area contributed by atoms with Gasteiger partial charge in [-0.05, 0) is 56.3 Å². The molecule has 3 aromatic rings. The molecule has 0 N–H and O–H groups in total. The van der Waals surface area contributed by atoms with Crippen LogP contribution in [0.1, 0.15) is 32.0 Å². The molecule has 2 aromatic carbocycles. The van der Waals surface area contributed by atoms with Crippen LogP contribution in [0.15, 0.2) is 70.7 Å². The summed E-state index contributed by atoms with van der Waals surface area (Å²) < 4.78 is 11.0. The number of nitrogens with zero attached hydrogens (tertiary/aromatic N) is 3. The average Bonchev–Trinajstić information content (AvgIpc) is 3.36. The van der Waals surface area contributed by atoms with Gasteiger partial charge in [0, 0.05) is 17.9 Å². The molecule has 0 saturated carbocycles. The molecule has 32 heavy (non-hydrogen) atoms. The molecular weight excluding hydrogens is 426 g/mol. The molecule has 0 spiro atoms. The lowest BCUT2D eigenvalue weighted by Gasteiger charge is -2.17. The number of ether oxygens (including phenoxy) is 2. The van der Waals surface area contributed by atoms with Gasteiger partial charge < -0.3 is 9.47 Å². The predicted molar refractivity (Wildman–Crippen MR) is 124 cm³/mol. The zero-order valence-electron chi connectivity index (χ0n) is 17.8. The zero-order valence-corrected chi connectivity index (χ0v) is 18.6. The lowest BCUT2D eigenvalue weighted by atomic mass is 10.2. The number of thiazole rings is 1. The predicted octanol–water partition coefficient (Wildman–Crippen LogP) is 4.96. The van der Waals surface area contributed by atoms with E-state index in [4.69, 9.17) is 9.47 Å². The van der Waals surface area contributed by atoms with Gasteiger partial charge in [-0.25, -0.2) is 14.8 Å². The van der Waals surface area contributed by atoms with Crippen LogP contribution in [0.5, 0.6) is 5.75 Å². The minimum absolute atomic E-state index is 0.0702. The topological polar surface area (TPSA) is 81.1 Å². The maximum Gasteiger partial charge on any atom is 0.363 e. The molecule has 0 radical (unpaired) electrons. The van der Waals surface area contributed by atoms with E-state index >= 15 is 0 Å². The van der Waals surface area contributed by atoms with E-state index in [0.717, 1.165) is 11.4 Å². The third kappa shape index (κ3) is 4.76. The Labute approximate surface area is 189 Å². The van der Waals surface area contributed by atoms with Crippen LogP contribution in [0.2, 0.25) is 0 Å². The maximum atomic E-state index is 12.3. The summed E-state index contributed by atoms with van der Waals surface area (Å²) in [6.45, 7) is 5.38. The largest absolute Gasteiger partial charge is 0.491 e. The highest BCUT2D eigenvalue weighted by molar-refractivity contribution is 7.14. The Hall–Kier alpha value is -3.78. The van der Waals surface area contributed by atoms with E-state index in [0.29, 0.717) is 16.4 Å². The number of esters is 1. The van der Waals surface area contributed by atoms with Crippen molar-refractivity contribution in [1.29, 1.82) is 0 Å². The molecule has 1 aliphatic heterocycles. The number of carbonyl (C=O) groups is 2. The second-order valence-corrected chi connectivity index (χ2v) is 8.11. The molecule has 2 heterocycles. The summed E-state index contributed by atoms with van der Waals surface area (Å²) in [6.07, 6.45) is 1.62. The van der Waals surface area contributed by atoms with E-state index in [9.17, 15) is 9.59 Å². The van der Waals surface area contributed by atoms with Crippen molar-refractivity contribution < 1.29 is 19.1 Å². The summed E-state index contributed by atoms with van der Waals surface area (Å²) in [5, 5.41) is 2.27. The number of hydrogen-bond acceptors (Lipinski definition) is 7. The molecule has 0 aliphatic carbocycles. The fourth-order valence-electron chi connectivity index (χ4n) is 3.07. The Balaban J connectivity index is 1.56. The molecule has 0 unspecified atom stereocenters. The standard InChI is InChI=1S/C24H21N3O4S/c1-15(2)30-20-11-9-17(10-12-20)22-26-21(23(29)31-22)13-18-14-32-24(25-18)27(16(3)28)19-7-5-4-6-8-19/h4-15H,1-3H3/b21-13+. The number of benzene rings is 2. The minimum Gasteiger partial charge on any atom is -0.491 e. The normalized spacial score (nSPS) is 14.4. The van der Waals surface area contributed by atoms with E-state index in [1.807, 2.05) is 44.2 Å². The summed E-state index contributed by atoms with van der Waals surface area (Å²) in [6, 6.07) is 16.5. The van der Waals surface area contributed by atoms with E-state index in [-0.39, 0.29) is 23.6 Å².